The minimum Gasteiger partial charge on any atom is -0.338 e. The quantitative estimate of drug-likeness (QED) is 0.475. The van der Waals surface area contributed by atoms with Crippen molar-refractivity contribution in [1.82, 2.24) is 24.7 Å². The normalized spacial score (nSPS) is 11.0. The van der Waals surface area contributed by atoms with E-state index in [1.54, 1.807) is 59.5 Å². The number of H-pyrrole nitrogens is 1. The van der Waals surface area contributed by atoms with Crippen LogP contribution >= 0.6 is 0 Å². The Kier molecular flexibility index (Phi) is 4.29. The molecule has 0 aliphatic rings. The molecule has 2 aromatic carbocycles. The summed E-state index contributed by atoms with van der Waals surface area (Å²) in [7, 11) is 0. The van der Waals surface area contributed by atoms with Crippen molar-refractivity contribution >= 4 is 22.6 Å². The largest absolute Gasteiger partial charge is 0.338 e. The molecule has 0 aliphatic heterocycles. The van der Waals surface area contributed by atoms with Gasteiger partial charge in [0.05, 0.1) is 16.6 Å². The number of rotatable bonds is 4. The van der Waals surface area contributed by atoms with Gasteiger partial charge in [-0.1, -0.05) is 0 Å². The topological polar surface area (TPSA) is 88.5 Å². The van der Waals surface area contributed by atoms with Crippen molar-refractivity contribution in [3.63, 3.8) is 0 Å². The molecule has 8 heteroatoms. The fourth-order valence-corrected chi connectivity index (χ4v) is 3.10. The number of fused-ring (bicyclic) bond motifs is 1. The van der Waals surface area contributed by atoms with Crippen LogP contribution in [-0.4, -0.2) is 30.6 Å². The highest BCUT2D eigenvalue weighted by molar-refractivity contribution is 6.04. The predicted octanol–water partition coefficient (Wildman–Crippen LogP) is 4.20. The summed E-state index contributed by atoms with van der Waals surface area (Å²) in [5.74, 6) is 0.690. The summed E-state index contributed by atoms with van der Waals surface area (Å²) in [5, 5.41) is 6.97. The van der Waals surface area contributed by atoms with Gasteiger partial charge in [0.2, 0.25) is 0 Å². The van der Waals surface area contributed by atoms with Crippen molar-refractivity contribution in [3.8, 4) is 17.2 Å². The van der Waals surface area contributed by atoms with E-state index < -0.39 is 0 Å². The van der Waals surface area contributed by atoms with Crippen molar-refractivity contribution < 1.29 is 9.18 Å². The van der Waals surface area contributed by atoms with E-state index in [2.05, 4.69) is 25.4 Å². The molecule has 7 nitrogen and oxygen atoms in total. The van der Waals surface area contributed by atoms with Gasteiger partial charge in [-0.15, -0.1) is 0 Å². The van der Waals surface area contributed by atoms with E-state index in [1.807, 2.05) is 6.07 Å². The molecule has 0 saturated heterocycles. The van der Waals surface area contributed by atoms with Crippen molar-refractivity contribution in [3.05, 3.63) is 90.6 Å². The van der Waals surface area contributed by atoms with Crippen LogP contribution in [0.25, 0.3) is 28.2 Å². The molecule has 0 spiro atoms. The summed E-state index contributed by atoms with van der Waals surface area (Å²) in [4.78, 5) is 24.6. The Morgan fingerprint density at radius 1 is 1.07 bits per heavy atom. The molecule has 0 atom stereocenters. The molecule has 0 saturated carbocycles. The number of carbonyl (C=O) groups is 1. The molecule has 0 fully saturated rings. The van der Waals surface area contributed by atoms with Gasteiger partial charge >= 0.3 is 0 Å². The van der Waals surface area contributed by atoms with Crippen LogP contribution in [0, 0.1) is 5.82 Å². The van der Waals surface area contributed by atoms with Crippen LogP contribution in [0.3, 0.4) is 0 Å². The summed E-state index contributed by atoms with van der Waals surface area (Å²) >= 11 is 0. The second-order valence-electron chi connectivity index (χ2n) is 6.63. The molecule has 3 heterocycles. The summed E-state index contributed by atoms with van der Waals surface area (Å²) in [6.07, 6.45) is 4.95. The maximum absolute atomic E-state index is 13.1. The molecular weight excluding hydrogens is 383 g/mol. The summed E-state index contributed by atoms with van der Waals surface area (Å²) in [5.41, 5.74) is 3.35. The average molecular weight is 398 g/mol. The number of anilines is 1. The second kappa shape index (κ2) is 7.25. The predicted molar refractivity (Wildman–Crippen MR) is 111 cm³/mol. The first kappa shape index (κ1) is 17.7. The van der Waals surface area contributed by atoms with E-state index in [0.717, 1.165) is 16.6 Å². The van der Waals surface area contributed by atoms with Crippen molar-refractivity contribution in [2.45, 2.75) is 0 Å². The Labute approximate surface area is 170 Å². The van der Waals surface area contributed by atoms with Gasteiger partial charge in [0, 0.05) is 29.8 Å². The van der Waals surface area contributed by atoms with Gasteiger partial charge in [0.25, 0.3) is 5.91 Å². The first-order valence-corrected chi connectivity index (χ1v) is 9.19. The van der Waals surface area contributed by atoms with E-state index in [-0.39, 0.29) is 11.7 Å². The second-order valence-corrected chi connectivity index (χ2v) is 6.63. The van der Waals surface area contributed by atoms with E-state index in [0.29, 0.717) is 22.9 Å². The third-order valence-electron chi connectivity index (χ3n) is 4.61. The number of nitrogens with one attached hydrogen (secondary N) is 2. The lowest BCUT2D eigenvalue weighted by Crippen LogP contribution is -2.12. The molecule has 5 rings (SSSR count). The van der Waals surface area contributed by atoms with Gasteiger partial charge in [-0.3, -0.25) is 4.79 Å². The van der Waals surface area contributed by atoms with E-state index >= 15 is 0 Å². The number of aromatic nitrogens is 5. The zero-order valence-corrected chi connectivity index (χ0v) is 15.6. The van der Waals surface area contributed by atoms with Gasteiger partial charge in [-0.25, -0.2) is 19.0 Å². The number of imidazole rings is 1. The van der Waals surface area contributed by atoms with Crippen molar-refractivity contribution in [1.29, 1.82) is 0 Å². The Balaban J connectivity index is 1.36. The molecule has 146 valence electrons. The van der Waals surface area contributed by atoms with Gasteiger partial charge < -0.3 is 10.3 Å². The molecule has 2 N–H and O–H groups in total. The summed E-state index contributed by atoms with van der Waals surface area (Å²) in [6.45, 7) is 0. The van der Waals surface area contributed by atoms with Crippen LogP contribution in [-0.2, 0) is 0 Å². The molecule has 0 bridgehead atoms. The molecule has 0 aliphatic carbocycles. The minimum absolute atomic E-state index is 0.271. The van der Waals surface area contributed by atoms with E-state index in [1.165, 1.54) is 18.3 Å². The van der Waals surface area contributed by atoms with Crippen LogP contribution in [0.2, 0.25) is 0 Å². The van der Waals surface area contributed by atoms with Crippen LogP contribution in [0.5, 0.6) is 0 Å². The number of halogens is 1. The third kappa shape index (κ3) is 3.42. The van der Waals surface area contributed by atoms with E-state index in [9.17, 15) is 9.18 Å². The van der Waals surface area contributed by atoms with Crippen LogP contribution in [0.15, 0.2) is 79.3 Å². The Morgan fingerprint density at radius 2 is 1.93 bits per heavy atom. The molecule has 0 unspecified atom stereocenters. The number of benzene rings is 2. The van der Waals surface area contributed by atoms with E-state index in [4.69, 9.17) is 0 Å². The Hall–Kier alpha value is -4.33. The molecule has 30 heavy (non-hydrogen) atoms. The SMILES string of the molecule is O=C(Nc1ccc2nc(-c3ccc(F)cc3)[nH]c2c1)c1ccc(-n2cccn2)nc1. The summed E-state index contributed by atoms with van der Waals surface area (Å²) < 4.78 is 14.8. The number of carbonyl (C=O) groups excluding carboxylic acids is 1. The third-order valence-corrected chi connectivity index (χ3v) is 4.61. The minimum atomic E-state index is -0.299. The highest BCUT2D eigenvalue weighted by atomic mass is 19.1. The average Bonchev–Trinajstić information content (AvgIpc) is 3.44. The maximum atomic E-state index is 13.1. The fourth-order valence-electron chi connectivity index (χ4n) is 3.10. The molecule has 1 amide bonds. The highest BCUT2D eigenvalue weighted by Gasteiger charge is 2.10. The number of hydrogen-bond acceptors (Lipinski definition) is 4. The molecule has 5 aromatic rings. The van der Waals surface area contributed by atoms with Gasteiger partial charge in [-0.05, 0) is 60.7 Å². The van der Waals surface area contributed by atoms with Crippen LogP contribution in [0.1, 0.15) is 10.4 Å². The number of pyridine rings is 1. The van der Waals surface area contributed by atoms with Gasteiger partial charge in [0.1, 0.15) is 11.6 Å². The van der Waals surface area contributed by atoms with Crippen LogP contribution < -0.4 is 5.32 Å². The Morgan fingerprint density at radius 3 is 2.67 bits per heavy atom. The first-order valence-electron chi connectivity index (χ1n) is 9.19. The summed E-state index contributed by atoms with van der Waals surface area (Å²) in [6, 6.07) is 16.7. The lowest BCUT2D eigenvalue weighted by molar-refractivity contribution is 0.102. The van der Waals surface area contributed by atoms with Gasteiger partial charge in [0.15, 0.2) is 5.82 Å². The standard InChI is InChI=1S/C22H15FN6O/c23-16-5-2-14(3-6-16)21-27-18-8-7-17(12-19(18)28-21)26-22(30)15-4-9-20(24-13-15)29-11-1-10-25-29/h1-13H,(H,26,30)(H,27,28). The zero-order chi connectivity index (χ0) is 20.5. The van der Waals surface area contributed by atoms with Crippen molar-refractivity contribution in [2.75, 3.05) is 5.32 Å². The zero-order valence-electron chi connectivity index (χ0n) is 15.6. The highest BCUT2D eigenvalue weighted by Crippen LogP contribution is 2.23. The number of aromatic amines is 1. The smallest absolute Gasteiger partial charge is 0.257 e. The number of hydrogen-bond donors (Lipinski definition) is 2. The monoisotopic (exact) mass is 398 g/mol. The lowest BCUT2D eigenvalue weighted by Gasteiger charge is -2.06. The fraction of sp³-hybridized carbons (Fsp3) is 0. The molecular formula is C22H15FN6O. The number of amides is 1. The molecule has 3 aromatic heterocycles. The lowest BCUT2D eigenvalue weighted by atomic mass is 10.2. The maximum Gasteiger partial charge on any atom is 0.257 e. The molecule has 0 radical (unpaired) electrons. The number of nitrogens with zero attached hydrogens (tertiary/aromatic N) is 4. The van der Waals surface area contributed by atoms with Crippen molar-refractivity contribution in [2.24, 2.45) is 0 Å². The Bertz CT molecular complexity index is 1320. The first-order chi connectivity index (χ1) is 14.7. The van der Waals surface area contributed by atoms with Gasteiger partial charge in [-0.2, -0.15) is 5.10 Å². The van der Waals surface area contributed by atoms with Crippen LogP contribution in [0.4, 0.5) is 10.1 Å².